The summed E-state index contributed by atoms with van der Waals surface area (Å²) in [6.07, 6.45) is -0.188. The molecule has 0 saturated heterocycles. The predicted octanol–water partition coefficient (Wildman–Crippen LogP) is 3.56. The van der Waals surface area contributed by atoms with Crippen molar-refractivity contribution in [2.75, 3.05) is 0 Å². The lowest BCUT2D eigenvalue weighted by molar-refractivity contribution is -0.152. The number of carbonyl (C=O) groups excluding carboxylic acids is 1. The Kier molecular flexibility index (Phi) is 6.17. The van der Waals surface area contributed by atoms with Crippen LogP contribution in [-0.2, 0) is 33.5 Å². The van der Waals surface area contributed by atoms with E-state index in [1.165, 1.54) is 34.6 Å². The third kappa shape index (κ3) is 4.31. The number of esters is 1. The van der Waals surface area contributed by atoms with Gasteiger partial charge < -0.3 is 14.3 Å². The van der Waals surface area contributed by atoms with Gasteiger partial charge in [-0.15, -0.1) is 6.42 Å². The number of ether oxygens (including phenoxy) is 1. The highest BCUT2D eigenvalue weighted by Crippen LogP contribution is 2.71. The summed E-state index contributed by atoms with van der Waals surface area (Å²) in [6.45, 7) is 6.56. The second-order valence-electron chi connectivity index (χ2n) is 9.10. The number of nitrogens with zero attached hydrogens (tertiary/aromatic N) is 1. The highest BCUT2D eigenvalue weighted by molar-refractivity contribution is 5.88. The van der Waals surface area contributed by atoms with Gasteiger partial charge in [0.2, 0.25) is 5.83 Å². The molecule has 0 aliphatic heterocycles. The Morgan fingerprint density at radius 1 is 1.31 bits per heavy atom. The molecule has 0 radical (unpaired) electrons. The van der Waals surface area contributed by atoms with Gasteiger partial charge in [0.1, 0.15) is 11.4 Å². The number of halogens is 4. The van der Waals surface area contributed by atoms with Crippen LogP contribution >= 0.6 is 0 Å². The number of alkyl halides is 3. The number of rotatable bonds is 6. The number of hydrogen-bond donors (Lipinski definition) is 1. The van der Waals surface area contributed by atoms with E-state index < -0.39 is 76.5 Å². The zero-order valence-electron chi connectivity index (χ0n) is 18.1. The summed E-state index contributed by atoms with van der Waals surface area (Å²) in [5.74, 6) is -5.85. The van der Waals surface area contributed by atoms with Crippen molar-refractivity contribution in [3.8, 4) is 12.3 Å². The molecule has 1 saturated carbocycles. The van der Waals surface area contributed by atoms with E-state index in [9.17, 15) is 37.1 Å². The van der Waals surface area contributed by atoms with Crippen LogP contribution in [-0.4, -0.2) is 27.2 Å². The van der Waals surface area contributed by atoms with Gasteiger partial charge in [-0.1, -0.05) is 19.8 Å². The summed E-state index contributed by atoms with van der Waals surface area (Å²) in [6, 6.07) is 0. The van der Waals surface area contributed by atoms with Crippen LogP contribution in [0, 0.1) is 29.1 Å². The Balaban J connectivity index is 2.54. The van der Waals surface area contributed by atoms with Crippen LogP contribution in [0.1, 0.15) is 46.1 Å². The van der Waals surface area contributed by atoms with Gasteiger partial charge in [-0.3, -0.25) is 9.36 Å². The fourth-order valence-corrected chi connectivity index (χ4v) is 3.98. The topological polar surface area (TPSA) is 98.7 Å². The lowest BCUT2D eigenvalue weighted by Crippen LogP contribution is -2.27. The number of carbonyl (C=O) groups is 2. The van der Waals surface area contributed by atoms with Gasteiger partial charge in [0.25, 0.3) is 0 Å². The molecule has 1 heterocycles. The standard InChI is InChI=1S/C21H23F4NO6/c1-7-8-26-14(21(23,24)25)12(31-17(26)30)10-20(16(28)29)13(19(20,5)6)9-11(22)15(27)32-18(2,3)4/h1,9,13H,8,10H2,2-6H3,(H,28,29)/t13-,20+/m1/s1. The number of carboxylic acids is 1. The van der Waals surface area contributed by atoms with Crippen molar-refractivity contribution >= 4 is 11.9 Å². The molecule has 1 aliphatic carbocycles. The fourth-order valence-electron chi connectivity index (χ4n) is 3.98. The lowest BCUT2D eigenvalue weighted by atomic mass is 9.90. The van der Waals surface area contributed by atoms with Gasteiger partial charge in [0.05, 0.1) is 12.0 Å². The van der Waals surface area contributed by atoms with Gasteiger partial charge in [0.15, 0.2) is 5.69 Å². The van der Waals surface area contributed by atoms with Gasteiger partial charge in [-0.25, -0.2) is 9.59 Å². The maximum atomic E-state index is 14.5. The predicted molar refractivity (Wildman–Crippen MR) is 103 cm³/mol. The van der Waals surface area contributed by atoms with E-state index in [1.54, 1.807) is 0 Å². The molecular formula is C21H23F4NO6. The summed E-state index contributed by atoms with van der Waals surface area (Å²) in [5, 5.41) is 9.87. The van der Waals surface area contributed by atoms with Gasteiger partial charge >= 0.3 is 23.9 Å². The molecule has 1 aliphatic rings. The average molecular weight is 461 g/mol. The smallest absolute Gasteiger partial charge is 0.435 e. The van der Waals surface area contributed by atoms with Crippen molar-refractivity contribution < 1.29 is 41.4 Å². The minimum atomic E-state index is -5.07. The van der Waals surface area contributed by atoms with Crippen molar-refractivity contribution in [3.63, 3.8) is 0 Å². The van der Waals surface area contributed by atoms with Crippen molar-refractivity contribution in [2.24, 2.45) is 16.7 Å². The van der Waals surface area contributed by atoms with Crippen LogP contribution in [0.25, 0.3) is 0 Å². The molecule has 176 valence electrons. The molecular weight excluding hydrogens is 438 g/mol. The zero-order chi connectivity index (χ0) is 24.9. The summed E-state index contributed by atoms with van der Waals surface area (Å²) < 4.78 is 65.2. The quantitative estimate of drug-likeness (QED) is 0.301. The molecule has 1 aromatic rings. The molecule has 1 aromatic heterocycles. The normalized spacial score (nSPS) is 22.9. The second-order valence-corrected chi connectivity index (χ2v) is 9.10. The van der Waals surface area contributed by atoms with Crippen LogP contribution < -0.4 is 5.76 Å². The van der Waals surface area contributed by atoms with E-state index in [4.69, 9.17) is 15.6 Å². The summed E-state index contributed by atoms with van der Waals surface area (Å²) in [4.78, 5) is 36.0. The molecule has 0 bridgehead atoms. The molecule has 0 amide bonds. The average Bonchev–Trinajstić information content (AvgIpc) is 2.88. The molecule has 32 heavy (non-hydrogen) atoms. The molecule has 0 aromatic carbocycles. The molecule has 0 unspecified atom stereocenters. The number of aliphatic carboxylic acids is 1. The molecule has 2 rings (SSSR count). The number of hydrogen-bond acceptors (Lipinski definition) is 5. The van der Waals surface area contributed by atoms with E-state index in [0.717, 1.165) is 6.08 Å². The van der Waals surface area contributed by atoms with Crippen LogP contribution in [0.2, 0.25) is 0 Å². The molecule has 11 heteroatoms. The summed E-state index contributed by atoms with van der Waals surface area (Å²) >= 11 is 0. The first-order valence-corrected chi connectivity index (χ1v) is 9.47. The van der Waals surface area contributed by atoms with Crippen LogP contribution in [0.5, 0.6) is 0 Å². The number of terminal acetylenes is 1. The summed E-state index contributed by atoms with van der Waals surface area (Å²) in [5.41, 5.74) is -5.78. The first kappa shape index (κ1) is 25.2. The summed E-state index contributed by atoms with van der Waals surface area (Å²) in [7, 11) is 0. The molecule has 1 fully saturated rings. The highest BCUT2D eigenvalue weighted by atomic mass is 19.4. The van der Waals surface area contributed by atoms with Crippen molar-refractivity contribution in [2.45, 2.75) is 59.4 Å². The van der Waals surface area contributed by atoms with Gasteiger partial charge in [-0.2, -0.15) is 17.6 Å². The molecule has 0 spiro atoms. The fraction of sp³-hybridized carbons (Fsp3) is 0.571. The second kappa shape index (κ2) is 7.83. The van der Waals surface area contributed by atoms with Gasteiger partial charge in [0, 0.05) is 12.3 Å². The van der Waals surface area contributed by atoms with E-state index >= 15 is 0 Å². The number of aromatic nitrogens is 1. The largest absolute Gasteiger partial charge is 0.481 e. The molecule has 1 N–H and O–H groups in total. The Morgan fingerprint density at radius 3 is 2.31 bits per heavy atom. The van der Waals surface area contributed by atoms with Crippen molar-refractivity contribution in [1.29, 1.82) is 0 Å². The van der Waals surface area contributed by atoms with Gasteiger partial charge in [-0.05, 0) is 32.3 Å². The Morgan fingerprint density at radius 2 is 1.88 bits per heavy atom. The van der Waals surface area contributed by atoms with E-state index in [0.29, 0.717) is 0 Å². The lowest BCUT2D eigenvalue weighted by Gasteiger charge is -2.18. The Hall–Kier alpha value is -3.03. The van der Waals surface area contributed by atoms with E-state index in [-0.39, 0.29) is 4.57 Å². The van der Waals surface area contributed by atoms with Crippen LogP contribution in [0.3, 0.4) is 0 Å². The van der Waals surface area contributed by atoms with E-state index in [1.807, 2.05) is 5.92 Å². The minimum Gasteiger partial charge on any atom is -0.481 e. The zero-order valence-corrected chi connectivity index (χ0v) is 18.1. The number of oxazole rings is 1. The third-order valence-corrected chi connectivity index (χ3v) is 5.59. The third-order valence-electron chi connectivity index (χ3n) is 5.59. The SMILES string of the molecule is C#CCn1c(C(F)(F)F)c(C[C@@]2(C(=O)O)[C@H](C=C(F)C(=O)OC(C)(C)C)C2(C)C)oc1=O. The molecule has 2 atom stereocenters. The number of carboxylic acid groups (broad SMARTS) is 1. The van der Waals surface area contributed by atoms with Crippen molar-refractivity contribution in [1.82, 2.24) is 4.57 Å². The maximum absolute atomic E-state index is 14.5. The Bertz CT molecular complexity index is 1060. The number of allylic oxidation sites excluding steroid dienone is 1. The highest BCUT2D eigenvalue weighted by Gasteiger charge is 2.75. The van der Waals surface area contributed by atoms with Crippen LogP contribution in [0.15, 0.2) is 21.1 Å². The first-order chi connectivity index (χ1) is 14.4. The maximum Gasteiger partial charge on any atom is 0.435 e. The van der Waals surface area contributed by atoms with Crippen LogP contribution in [0.4, 0.5) is 17.6 Å². The minimum absolute atomic E-state index is 0.187. The monoisotopic (exact) mass is 461 g/mol. The first-order valence-electron chi connectivity index (χ1n) is 9.47. The van der Waals surface area contributed by atoms with Crippen molar-refractivity contribution in [3.05, 3.63) is 33.9 Å². The Labute approximate surface area is 181 Å². The van der Waals surface area contributed by atoms with E-state index in [2.05, 4.69) is 0 Å². The molecule has 7 nitrogen and oxygen atoms in total.